The number of para-hydroxylation sites is 1. The average Bonchev–Trinajstić information content (AvgIpc) is 2.71. The Kier molecular flexibility index (Phi) is 8.18. The minimum atomic E-state index is -5.10. The fourth-order valence-corrected chi connectivity index (χ4v) is 2.77. The molecule has 2 unspecified atom stereocenters. The van der Waals surface area contributed by atoms with Crippen molar-refractivity contribution >= 4 is 17.6 Å². The highest BCUT2D eigenvalue weighted by atomic mass is 19.4. The number of hydrogen-bond acceptors (Lipinski definition) is 6. The Morgan fingerprint density at radius 2 is 1.76 bits per heavy atom. The molecule has 1 aromatic heterocycles. The highest BCUT2D eigenvalue weighted by molar-refractivity contribution is 6.06. The maximum absolute atomic E-state index is 12.9. The minimum absolute atomic E-state index is 0.182. The van der Waals surface area contributed by atoms with Gasteiger partial charge in [-0.1, -0.05) is 6.07 Å². The summed E-state index contributed by atoms with van der Waals surface area (Å²) in [5, 5.41) is 13.4. The second-order valence-corrected chi connectivity index (χ2v) is 6.95. The van der Waals surface area contributed by atoms with E-state index in [9.17, 15) is 35.9 Å². The lowest BCUT2D eigenvalue weighted by molar-refractivity contribution is -0.274. The summed E-state index contributed by atoms with van der Waals surface area (Å²) in [4.78, 5) is 27.5. The first-order valence-corrected chi connectivity index (χ1v) is 9.50. The highest BCUT2D eigenvalue weighted by Crippen LogP contribution is 2.36. The molecule has 0 fully saturated rings. The van der Waals surface area contributed by atoms with Gasteiger partial charge in [0.1, 0.15) is 5.75 Å². The third-order valence-corrected chi connectivity index (χ3v) is 4.22. The number of ketones is 1. The van der Waals surface area contributed by atoms with Crippen molar-refractivity contribution in [1.29, 1.82) is 0 Å². The van der Waals surface area contributed by atoms with Crippen molar-refractivity contribution in [2.75, 3.05) is 11.9 Å². The van der Waals surface area contributed by atoms with Crippen LogP contribution in [0.5, 0.6) is 11.5 Å². The number of halogens is 6. The Balaban J connectivity index is 2.34. The van der Waals surface area contributed by atoms with Crippen LogP contribution in [-0.4, -0.2) is 47.2 Å². The molecular weight excluding hydrogens is 476 g/mol. The van der Waals surface area contributed by atoms with E-state index in [4.69, 9.17) is 5.11 Å². The molecule has 1 amide bonds. The number of nitrogens with zero attached hydrogens (tertiary/aromatic N) is 1. The number of carbonyl (C=O) groups is 2. The molecule has 1 aromatic carbocycles. The zero-order valence-corrected chi connectivity index (χ0v) is 17.6. The van der Waals surface area contributed by atoms with Crippen LogP contribution in [0, 0.1) is 0 Å². The molecule has 2 rings (SSSR count). The summed E-state index contributed by atoms with van der Waals surface area (Å²) in [6.45, 7) is 1.15. The molecule has 0 saturated heterocycles. The SMILES string of the molecule is CC(NC(=O)O)C(=O)c1cccc(OC(F)(F)F)c1NC(C)c1ccc(OCC(F)(F)F)cn1. The smallest absolute Gasteiger partial charge is 0.483 e. The maximum Gasteiger partial charge on any atom is 0.573 e. The molecular formula is C20H19F6N3O5. The topological polar surface area (TPSA) is 110 Å². The van der Waals surface area contributed by atoms with Crippen molar-refractivity contribution < 1.29 is 50.5 Å². The molecule has 34 heavy (non-hydrogen) atoms. The van der Waals surface area contributed by atoms with Gasteiger partial charge < -0.3 is 25.2 Å². The van der Waals surface area contributed by atoms with Crippen LogP contribution in [0.25, 0.3) is 0 Å². The van der Waals surface area contributed by atoms with Gasteiger partial charge >= 0.3 is 18.6 Å². The van der Waals surface area contributed by atoms with Crippen LogP contribution < -0.4 is 20.1 Å². The fraction of sp³-hybridized carbons (Fsp3) is 0.350. The molecule has 0 bridgehead atoms. The molecule has 0 aliphatic rings. The van der Waals surface area contributed by atoms with E-state index >= 15 is 0 Å². The van der Waals surface area contributed by atoms with E-state index in [0.717, 1.165) is 18.3 Å². The number of benzene rings is 1. The molecule has 2 atom stereocenters. The lowest BCUT2D eigenvalue weighted by Crippen LogP contribution is -2.38. The predicted molar refractivity (Wildman–Crippen MR) is 106 cm³/mol. The fourth-order valence-electron chi connectivity index (χ4n) is 2.77. The summed E-state index contributed by atoms with van der Waals surface area (Å²) >= 11 is 0. The summed E-state index contributed by atoms with van der Waals surface area (Å²) in [6.07, 6.45) is -10.2. The van der Waals surface area contributed by atoms with E-state index < -0.39 is 48.9 Å². The van der Waals surface area contributed by atoms with Gasteiger partial charge in [-0.3, -0.25) is 9.78 Å². The van der Waals surface area contributed by atoms with Crippen LogP contribution >= 0.6 is 0 Å². The van der Waals surface area contributed by atoms with Gasteiger partial charge in [-0.15, -0.1) is 13.2 Å². The van der Waals surface area contributed by atoms with Gasteiger partial charge in [-0.2, -0.15) is 13.2 Å². The molecule has 2 aromatic rings. The maximum atomic E-state index is 12.9. The van der Waals surface area contributed by atoms with Crippen LogP contribution in [0.3, 0.4) is 0 Å². The molecule has 186 valence electrons. The highest BCUT2D eigenvalue weighted by Gasteiger charge is 2.34. The molecule has 0 radical (unpaired) electrons. The van der Waals surface area contributed by atoms with Crippen molar-refractivity contribution in [2.45, 2.75) is 38.5 Å². The number of nitrogens with one attached hydrogen (secondary N) is 2. The number of ether oxygens (including phenoxy) is 2. The Hall–Kier alpha value is -3.71. The number of rotatable bonds is 9. The standard InChI is InChI=1S/C20H19F6N3O5/c1-10(14-7-6-12(8-27-14)33-9-19(21,22)23)28-16-13(17(30)11(2)29-18(31)32)4-3-5-15(16)34-20(24,25)26/h3-8,10-11,28-29H,9H2,1-2H3,(H,31,32). The molecule has 0 spiro atoms. The van der Waals surface area contributed by atoms with Gasteiger partial charge in [0.2, 0.25) is 0 Å². The van der Waals surface area contributed by atoms with Crippen molar-refractivity contribution in [3.05, 3.63) is 47.8 Å². The van der Waals surface area contributed by atoms with Crippen LogP contribution in [0.15, 0.2) is 36.5 Å². The van der Waals surface area contributed by atoms with Gasteiger partial charge in [0.05, 0.1) is 29.7 Å². The van der Waals surface area contributed by atoms with E-state index in [1.54, 1.807) is 0 Å². The zero-order chi connectivity index (χ0) is 25.7. The van der Waals surface area contributed by atoms with Crippen LogP contribution in [0.4, 0.5) is 36.8 Å². The summed E-state index contributed by atoms with van der Waals surface area (Å²) in [7, 11) is 0. The van der Waals surface area contributed by atoms with E-state index in [1.807, 2.05) is 5.32 Å². The molecule has 0 aliphatic heterocycles. The minimum Gasteiger partial charge on any atom is -0.483 e. The van der Waals surface area contributed by atoms with Crippen molar-refractivity contribution in [3.63, 3.8) is 0 Å². The third kappa shape index (κ3) is 8.01. The average molecular weight is 495 g/mol. The zero-order valence-electron chi connectivity index (χ0n) is 17.6. The second-order valence-electron chi connectivity index (χ2n) is 6.95. The molecule has 0 aliphatic carbocycles. The summed E-state index contributed by atoms with van der Waals surface area (Å²) in [6, 6.07) is 3.59. The monoisotopic (exact) mass is 495 g/mol. The van der Waals surface area contributed by atoms with Crippen molar-refractivity contribution in [3.8, 4) is 11.5 Å². The molecule has 1 heterocycles. The van der Waals surface area contributed by atoms with Crippen LogP contribution in [0.1, 0.15) is 35.9 Å². The van der Waals surface area contributed by atoms with Gasteiger partial charge in [-0.05, 0) is 38.1 Å². The summed E-state index contributed by atoms with van der Waals surface area (Å²) in [5.74, 6) is -1.77. The van der Waals surface area contributed by atoms with Gasteiger partial charge in [-0.25, -0.2) is 4.79 Å². The first kappa shape index (κ1) is 26.5. The summed E-state index contributed by atoms with van der Waals surface area (Å²) in [5.41, 5.74) is -0.480. The third-order valence-electron chi connectivity index (χ3n) is 4.22. The molecule has 0 saturated carbocycles. The van der Waals surface area contributed by atoms with Crippen molar-refractivity contribution in [2.24, 2.45) is 0 Å². The van der Waals surface area contributed by atoms with E-state index in [2.05, 4.69) is 19.8 Å². The molecule has 8 nitrogen and oxygen atoms in total. The quantitative estimate of drug-likeness (QED) is 0.334. The Morgan fingerprint density at radius 1 is 1.09 bits per heavy atom. The number of carbonyl (C=O) groups excluding carboxylic acids is 1. The van der Waals surface area contributed by atoms with E-state index in [1.165, 1.54) is 32.0 Å². The van der Waals surface area contributed by atoms with E-state index in [-0.39, 0.29) is 22.7 Å². The number of pyridine rings is 1. The van der Waals surface area contributed by atoms with Crippen molar-refractivity contribution in [1.82, 2.24) is 10.3 Å². The predicted octanol–water partition coefficient (Wildman–Crippen LogP) is 4.93. The van der Waals surface area contributed by atoms with Gasteiger partial charge in [0, 0.05) is 5.56 Å². The Labute approximate surface area is 188 Å². The normalized spacial score (nSPS) is 13.5. The largest absolute Gasteiger partial charge is 0.573 e. The molecule has 14 heteroatoms. The van der Waals surface area contributed by atoms with Gasteiger partial charge in [0.15, 0.2) is 18.1 Å². The van der Waals surface area contributed by atoms with Crippen LogP contribution in [0.2, 0.25) is 0 Å². The van der Waals surface area contributed by atoms with E-state index in [0.29, 0.717) is 0 Å². The number of Topliss-reactive ketones (excluding diaryl/α,β-unsaturated/α-hetero) is 1. The number of aromatic nitrogens is 1. The number of hydrogen-bond donors (Lipinski definition) is 3. The number of amides is 1. The molecule has 3 N–H and O–H groups in total. The van der Waals surface area contributed by atoms with Gasteiger partial charge in [0.25, 0.3) is 0 Å². The lowest BCUT2D eigenvalue weighted by Gasteiger charge is -2.22. The first-order chi connectivity index (χ1) is 15.7. The lowest BCUT2D eigenvalue weighted by atomic mass is 10.0. The Bertz CT molecular complexity index is 1010. The number of carboxylic acid groups (broad SMARTS) is 1. The summed E-state index contributed by atoms with van der Waals surface area (Å²) < 4.78 is 84.1. The number of anilines is 1. The second kappa shape index (κ2) is 10.5. The van der Waals surface area contributed by atoms with Crippen LogP contribution in [-0.2, 0) is 0 Å². The Morgan fingerprint density at radius 3 is 2.29 bits per heavy atom. The first-order valence-electron chi connectivity index (χ1n) is 9.50. The number of alkyl halides is 6.